The van der Waals surface area contributed by atoms with Crippen LogP contribution in [0.15, 0.2) is 0 Å². The molecule has 2 unspecified atom stereocenters. The molecule has 0 aromatic carbocycles. The number of rotatable bonds is 4. The van der Waals surface area contributed by atoms with Gasteiger partial charge in [0, 0.05) is 6.42 Å². The summed E-state index contributed by atoms with van der Waals surface area (Å²) in [6.45, 7) is 4.96. The van der Waals surface area contributed by atoms with E-state index in [0.29, 0.717) is 0 Å². The van der Waals surface area contributed by atoms with Gasteiger partial charge in [0.1, 0.15) is 17.9 Å². The summed E-state index contributed by atoms with van der Waals surface area (Å²) in [5.41, 5.74) is 4.32. The van der Waals surface area contributed by atoms with Crippen molar-refractivity contribution in [2.45, 2.75) is 45.1 Å². The van der Waals surface area contributed by atoms with E-state index in [4.69, 9.17) is 20.7 Å². The molecule has 5 N–H and O–H groups in total. The quantitative estimate of drug-likeness (QED) is 0.492. The Hall–Kier alpha value is -1.34. The summed E-state index contributed by atoms with van der Waals surface area (Å²) < 4.78 is 4.86. The maximum absolute atomic E-state index is 11.2. The molecule has 2 atom stereocenters. The zero-order valence-corrected chi connectivity index (χ0v) is 9.56. The normalized spacial score (nSPS) is 15.1. The van der Waals surface area contributed by atoms with Gasteiger partial charge in [-0.2, -0.15) is 0 Å². The Morgan fingerprint density at radius 3 is 2.25 bits per heavy atom. The number of aliphatic carboxylic acids is 1. The molecule has 0 radical (unpaired) electrons. The van der Waals surface area contributed by atoms with E-state index in [0.717, 1.165) is 0 Å². The number of alkyl carbamates (subject to hydrolysis) is 1. The van der Waals surface area contributed by atoms with Crippen molar-refractivity contribution >= 4 is 12.1 Å². The van der Waals surface area contributed by atoms with Crippen LogP contribution in [0.1, 0.15) is 27.2 Å². The lowest BCUT2D eigenvalue weighted by molar-refractivity contribution is -0.140. The van der Waals surface area contributed by atoms with Crippen LogP contribution in [0.2, 0.25) is 0 Å². The van der Waals surface area contributed by atoms with Gasteiger partial charge in [-0.1, -0.05) is 0 Å². The number of aliphatic hydroxyl groups excluding tert-OH is 1. The molecule has 1 amide bonds. The van der Waals surface area contributed by atoms with Crippen molar-refractivity contribution in [3.63, 3.8) is 0 Å². The second-order valence-corrected chi connectivity index (χ2v) is 4.34. The van der Waals surface area contributed by atoms with Crippen LogP contribution in [0.4, 0.5) is 4.79 Å². The minimum absolute atomic E-state index is 0.283. The summed E-state index contributed by atoms with van der Waals surface area (Å²) in [4.78, 5) is 21.9. The number of nitrogens with two attached hydrogens (primary N) is 1. The van der Waals surface area contributed by atoms with E-state index in [1.54, 1.807) is 20.8 Å². The molecule has 0 rings (SSSR count). The number of carboxylic acid groups (broad SMARTS) is 1. The zero-order chi connectivity index (χ0) is 12.9. The molecule has 7 nitrogen and oxygen atoms in total. The number of amides is 1. The third-order valence-corrected chi connectivity index (χ3v) is 1.47. The summed E-state index contributed by atoms with van der Waals surface area (Å²) in [6, 6.07) is -1.27. The molecule has 7 heteroatoms. The van der Waals surface area contributed by atoms with Crippen LogP contribution in [0, 0.1) is 0 Å². The van der Waals surface area contributed by atoms with Crippen LogP contribution in [0.5, 0.6) is 0 Å². The van der Waals surface area contributed by atoms with E-state index < -0.39 is 29.9 Å². The van der Waals surface area contributed by atoms with Gasteiger partial charge < -0.3 is 26.0 Å². The lowest BCUT2D eigenvalue weighted by Crippen LogP contribution is -2.46. The molecule has 0 bridgehead atoms. The van der Waals surface area contributed by atoms with Gasteiger partial charge in [-0.15, -0.1) is 0 Å². The highest BCUT2D eigenvalue weighted by Gasteiger charge is 2.25. The van der Waals surface area contributed by atoms with Gasteiger partial charge in [-0.3, -0.25) is 0 Å². The van der Waals surface area contributed by atoms with Crippen molar-refractivity contribution in [2.75, 3.05) is 0 Å². The fourth-order valence-electron chi connectivity index (χ4n) is 0.913. The molecule has 0 aliphatic heterocycles. The van der Waals surface area contributed by atoms with E-state index in [1.807, 2.05) is 0 Å². The van der Waals surface area contributed by atoms with Gasteiger partial charge in [0.05, 0.1) is 0 Å². The number of nitrogens with one attached hydrogen (secondary N) is 1. The number of carbonyl (C=O) groups excluding carboxylic acids is 1. The van der Waals surface area contributed by atoms with Crippen LogP contribution < -0.4 is 11.1 Å². The van der Waals surface area contributed by atoms with Gasteiger partial charge in [-0.05, 0) is 20.8 Å². The SMILES string of the molecule is CC(C)(C)OC(=O)NC(CC(N)O)C(=O)O. The van der Waals surface area contributed by atoms with Crippen molar-refractivity contribution in [3.05, 3.63) is 0 Å². The predicted molar refractivity (Wildman–Crippen MR) is 55.6 cm³/mol. The topological polar surface area (TPSA) is 122 Å². The van der Waals surface area contributed by atoms with Gasteiger partial charge in [0.25, 0.3) is 0 Å². The molecule has 0 fully saturated rings. The molecule has 94 valence electrons. The first-order valence-corrected chi connectivity index (χ1v) is 4.78. The number of hydrogen-bond donors (Lipinski definition) is 4. The Bertz CT molecular complexity index is 259. The second-order valence-electron chi connectivity index (χ2n) is 4.34. The average Bonchev–Trinajstić information content (AvgIpc) is 1.97. The first-order chi connectivity index (χ1) is 7.11. The highest BCUT2D eigenvalue weighted by atomic mass is 16.6. The fraction of sp³-hybridized carbons (Fsp3) is 0.778. The highest BCUT2D eigenvalue weighted by Crippen LogP contribution is 2.07. The Morgan fingerprint density at radius 1 is 1.44 bits per heavy atom. The van der Waals surface area contributed by atoms with Crippen molar-refractivity contribution in [1.82, 2.24) is 5.32 Å². The Balaban J connectivity index is 4.30. The van der Waals surface area contributed by atoms with E-state index in [-0.39, 0.29) is 6.42 Å². The van der Waals surface area contributed by atoms with E-state index in [1.165, 1.54) is 0 Å². The lowest BCUT2D eigenvalue weighted by Gasteiger charge is -2.22. The van der Waals surface area contributed by atoms with Crippen LogP contribution in [0.3, 0.4) is 0 Å². The highest BCUT2D eigenvalue weighted by molar-refractivity contribution is 5.80. The predicted octanol–water partition coefficient (Wildman–Crippen LogP) is -0.368. The third-order valence-electron chi connectivity index (χ3n) is 1.47. The van der Waals surface area contributed by atoms with E-state index in [2.05, 4.69) is 5.32 Å². The summed E-state index contributed by atoms with van der Waals surface area (Å²) in [5, 5.41) is 19.7. The summed E-state index contributed by atoms with van der Waals surface area (Å²) in [5.74, 6) is -1.28. The molecule has 0 aliphatic rings. The van der Waals surface area contributed by atoms with Crippen molar-refractivity contribution in [1.29, 1.82) is 0 Å². The summed E-state index contributed by atoms with van der Waals surface area (Å²) in [7, 11) is 0. The fourth-order valence-corrected chi connectivity index (χ4v) is 0.913. The van der Waals surface area contributed by atoms with Crippen LogP contribution in [-0.4, -0.2) is 40.1 Å². The van der Waals surface area contributed by atoms with Crippen molar-refractivity contribution in [3.8, 4) is 0 Å². The van der Waals surface area contributed by atoms with Crippen LogP contribution >= 0.6 is 0 Å². The number of carbonyl (C=O) groups is 2. The molecule has 0 aromatic heterocycles. The lowest BCUT2D eigenvalue weighted by atomic mass is 10.2. The van der Waals surface area contributed by atoms with Gasteiger partial charge in [0.15, 0.2) is 0 Å². The van der Waals surface area contributed by atoms with Crippen molar-refractivity contribution < 1.29 is 24.5 Å². The molecule has 0 saturated heterocycles. The number of ether oxygens (including phenoxy) is 1. The zero-order valence-electron chi connectivity index (χ0n) is 9.56. The minimum Gasteiger partial charge on any atom is -0.480 e. The maximum Gasteiger partial charge on any atom is 0.408 e. The molecule has 0 aromatic rings. The maximum atomic E-state index is 11.2. The molecule has 0 aliphatic carbocycles. The molecule has 16 heavy (non-hydrogen) atoms. The van der Waals surface area contributed by atoms with Gasteiger partial charge in [-0.25, -0.2) is 9.59 Å². The van der Waals surface area contributed by atoms with Crippen LogP contribution in [-0.2, 0) is 9.53 Å². The molecule has 0 saturated carbocycles. The molecular weight excluding hydrogens is 216 g/mol. The number of aliphatic hydroxyl groups is 1. The largest absolute Gasteiger partial charge is 0.480 e. The Kier molecular flexibility index (Phi) is 5.19. The summed E-state index contributed by atoms with van der Waals surface area (Å²) >= 11 is 0. The van der Waals surface area contributed by atoms with Gasteiger partial charge in [0.2, 0.25) is 0 Å². The number of hydrogen-bond acceptors (Lipinski definition) is 5. The number of carboxylic acids is 1. The second kappa shape index (κ2) is 5.66. The van der Waals surface area contributed by atoms with Crippen molar-refractivity contribution in [2.24, 2.45) is 5.73 Å². The Morgan fingerprint density at radius 2 is 1.94 bits per heavy atom. The van der Waals surface area contributed by atoms with Crippen LogP contribution in [0.25, 0.3) is 0 Å². The monoisotopic (exact) mass is 234 g/mol. The van der Waals surface area contributed by atoms with E-state index >= 15 is 0 Å². The first kappa shape index (κ1) is 14.7. The molecule has 0 heterocycles. The Labute approximate surface area is 93.6 Å². The minimum atomic E-state index is -1.31. The first-order valence-electron chi connectivity index (χ1n) is 4.78. The smallest absolute Gasteiger partial charge is 0.408 e. The molecule has 0 spiro atoms. The van der Waals surface area contributed by atoms with Gasteiger partial charge >= 0.3 is 12.1 Å². The standard InChI is InChI=1S/C9H18N2O5/c1-9(2,3)16-8(15)11-5(7(13)14)4-6(10)12/h5-6,12H,4,10H2,1-3H3,(H,11,15)(H,13,14). The third kappa shape index (κ3) is 7.02. The molecular formula is C9H18N2O5. The summed E-state index contributed by atoms with van der Waals surface area (Å²) in [6.07, 6.45) is -2.45. The van der Waals surface area contributed by atoms with E-state index in [9.17, 15) is 9.59 Å². The average molecular weight is 234 g/mol.